The Balaban J connectivity index is 3.98. The van der Waals surface area contributed by atoms with Crippen LogP contribution in [0.1, 0.15) is 180 Å². The summed E-state index contributed by atoms with van der Waals surface area (Å²) in [4.78, 5) is 132. The number of carbonyl (C=O) groups is 11. The number of Topliss-reactive ketones (excluding diaryl/α,β-unsaturated/α-hetero) is 4. The number of carboxylic acid groups (broad SMARTS) is 3. The van der Waals surface area contributed by atoms with Gasteiger partial charge in [0.1, 0.15) is 31.4 Å². The van der Waals surface area contributed by atoms with Crippen molar-refractivity contribution < 1.29 is 92.1 Å². The van der Waals surface area contributed by atoms with E-state index in [0.29, 0.717) is 32.2 Å². The molecule has 0 saturated heterocycles. The number of aliphatic hydroxyl groups excluding tert-OH is 1. The van der Waals surface area contributed by atoms with Crippen LogP contribution in [0, 0.1) is 11.8 Å². The average molecular weight is 1140 g/mol. The fourth-order valence-electron chi connectivity index (χ4n) is 8.43. The lowest BCUT2D eigenvalue weighted by Gasteiger charge is -2.17. The molecule has 9 N–H and O–H groups in total. The number of hydrogen-bond acceptors (Lipinski definition) is 17. The number of amides is 4. The maximum Gasteiger partial charge on any atom is 0.306 e. The van der Waals surface area contributed by atoms with Crippen molar-refractivity contribution in [3.05, 3.63) is 0 Å². The molecule has 80 heavy (non-hydrogen) atoms. The van der Waals surface area contributed by atoms with E-state index in [0.717, 1.165) is 51.4 Å². The number of likely N-dealkylation sites (N-methyl/N-ethyl adjacent to an activating group) is 1. The summed E-state index contributed by atoms with van der Waals surface area (Å²) in [5, 5.41) is 50.2. The number of hydrogen-bond donors (Lipinski definition) is 9. The molecule has 24 heteroatoms. The molecule has 0 aromatic carbocycles. The highest BCUT2D eigenvalue weighted by Gasteiger charge is 2.25. The second-order valence-corrected chi connectivity index (χ2v) is 20.1. The molecule has 460 valence electrons. The zero-order valence-corrected chi connectivity index (χ0v) is 47.8. The van der Waals surface area contributed by atoms with Crippen molar-refractivity contribution in [1.82, 2.24) is 26.6 Å². The monoisotopic (exact) mass is 1140 g/mol. The molecule has 0 aromatic rings. The first-order valence-electron chi connectivity index (χ1n) is 28.8. The standard InChI is InChI=1S/C56H97N5O19/c1-42(63)47(25-24-46(65)38-44(56(75)76)22-26-50(67)58-28-18-17-20-48(57-2)49(66)39-62)61-53(70)41-80-36-34-78-32-30-60-52(69)40-79-35-33-77-31-29-59-51(68)27-23-43(55(73)74)37-45(64)19-15-13-11-9-7-5-3-4-6-8-10-12-14-16-21-54(71)72/h43-44,47-48,57,62H,3-41H2,1-2H3,(H,58,67)(H,59,68)(H,60,69)(H,61,70)(H,71,72)(H,73,74)(H,75,76)/t43-,44-,47+,48+/m1/s1. The number of ether oxygens (including phenoxy) is 4. The van der Waals surface area contributed by atoms with Gasteiger partial charge in [-0.3, -0.25) is 52.7 Å². The van der Waals surface area contributed by atoms with Crippen molar-refractivity contribution in [2.75, 3.05) is 86.1 Å². The van der Waals surface area contributed by atoms with E-state index in [1.54, 1.807) is 7.05 Å². The largest absolute Gasteiger partial charge is 0.481 e. The molecule has 4 amide bonds. The van der Waals surface area contributed by atoms with Gasteiger partial charge in [0.15, 0.2) is 11.6 Å². The van der Waals surface area contributed by atoms with Crippen LogP contribution < -0.4 is 26.6 Å². The first kappa shape index (κ1) is 74.7. The Bertz CT molecular complexity index is 1800. The van der Waals surface area contributed by atoms with Crippen molar-refractivity contribution in [3.8, 4) is 0 Å². The predicted molar refractivity (Wildman–Crippen MR) is 294 cm³/mol. The molecule has 0 unspecified atom stereocenters. The molecular formula is C56H97N5O19. The highest BCUT2D eigenvalue weighted by atomic mass is 16.5. The van der Waals surface area contributed by atoms with E-state index in [-0.39, 0.29) is 141 Å². The van der Waals surface area contributed by atoms with Gasteiger partial charge >= 0.3 is 17.9 Å². The third-order valence-electron chi connectivity index (χ3n) is 13.2. The van der Waals surface area contributed by atoms with Crippen molar-refractivity contribution >= 4 is 64.7 Å². The summed E-state index contributed by atoms with van der Waals surface area (Å²) in [5.74, 6) is -8.10. The highest BCUT2D eigenvalue weighted by molar-refractivity contribution is 5.89. The van der Waals surface area contributed by atoms with Crippen LogP contribution in [-0.2, 0) is 71.7 Å². The summed E-state index contributed by atoms with van der Waals surface area (Å²) in [6.07, 6.45) is 16.4. The smallest absolute Gasteiger partial charge is 0.306 e. The number of carboxylic acids is 3. The van der Waals surface area contributed by atoms with Crippen molar-refractivity contribution in [2.45, 2.75) is 192 Å². The van der Waals surface area contributed by atoms with Crippen LogP contribution in [0.15, 0.2) is 0 Å². The van der Waals surface area contributed by atoms with Gasteiger partial charge in [0.05, 0.1) is 63.6 Å². The fraction of sp³-hybridized carbons (Fsp3) is 0.804. The molecule has 0 aliphatic heterocycles. The SMILES string of the molecule is CN[C@@H](CCCCNC(=O)CC[C@H](CC(=O)CC[C@H](NC(=O)COCCOCCNC(=O)COCCOCCNC(=O)CC[C@H](CC(=O)CCCCCCCCCCCCCCCCC(=O)O)C(=O)O)C(C)=O)C(=O)O)C(=O)CO. The molecule has 0 heterocycles. The minimum Gasteiger partial charge on any atom is -0.481 e. The number of rotatable bonds is 58. The van der Waals surface area contributed by atoms with E-state index in [1.165, 1.54) is 45.4 Å². The Labute approximate surface area is 472 Å². The molecule has 0 rings (SSSR count). The van der Waals surface area contributed by atoms with E-state index in [4.69, 9.17) is 29.2 Å². The molecule has 0 aliphatic rings. The van der Waals surface area contributed by atoms with Crippen molar-refractivity contribution in [1.29, 1.82) is 0 Å². The Morgan fingerprint density at radius 2 is 0.838 bits per heavy atom. The Morgan fingerprint density at radius 3 is 1.29 bits per heavy atom. The quantitative estimate of drug-likeness (QED) is 0.0391. The van der Waals surface area contributed by atoms with Gasteiger partial charge in [0.25, 0.3) is 0 Å². The Hall–Kier alpha value is -5.27. The number of unbranched alkanes of at least 4 members (excludes halogenated alkanes) is 14. The second-order valence-electron chi connectivity index (χ2n) is 20.1. The molecule has 0 saturated carbocycles. The Kier molecular flexibility index (Phi) is 47.3. The topological polar surface area (TPSA) is 366 Å². The molecule has 0 radical (unpaired) electrons. The van der Waals surface area contributed by atoms with Gasteiger partial charge in [-0.05, 0) is 65.3 Å². The van der Waals surface area contributed by atoms with Crippen LogP contribution in [0.5, 0.6) is 0 Å². The van der Waals surface area contributed by atoms with E-state index >= 15 is 0 Å². The average Bonchev–Trinajstić information content (AvgIpc) is 3.41. The van der Waals surface area contributed by atoms with Crippen LogP contribution in [0.25, 0.3) is 0 Å². The zero-order chi connectivity index (χ0) is 59.6. The van der Waals surface area contributed by atoms with Crippen molar-refractivity contribution in [3.63, 3.8) is 0 Å². The highest BCUT2D eigenvalue weighted by Crippen LogP contribution is 2.18. The van der Waals surface area contributed by atoms with E-state index in [9.17, 15) is 63.0 Å². The molecule has 0 aromatic heterocycles. The number of nitrogens with one attached hydrogen (secondary N) is 5. The lowest BCUT2D eigenvalue weighted by Crippen LogP contribution is -2.42. The molecule has 0 bridgehead atoms. The molecule has 24 nitrogen and oxygen atoms in total. The minimum atomic E-state index is -1.24. The zero-order valence-electron chi connectivity index (χ0n) is 47.8. The molecular weight excluding hydrogens is 1050 g/mol. The normalized spacial score (nSPS) is 12.6. The third-order valence-corrected chi connectivity index (χ3v) is 13.2. The van der Waals surface area contributed by atoms with Crippen LogP contribution in [0.2, 0.25) is 0 Å². The second kappa shape index (κ2) is 50.7. The first-order valence-corrected chi connectivity index (χ1v) is 28.8. The molecule has 0 aliphatic carbocycles. The molecule has 4 atom stereocenters. The first-order chi connectivity index (χ1) is 38.4. The number of aliphatic hydroxyl groups is 1. The van der Waals surface area contributed by atoms with E-state index < -0.39 is 78.4 Å². The fourth-order valence-corrected chi connectivity index (χ4v) is 8.43. The summed E-state index contributed by atoms with van der Waals surface area (Å²) in [5.41, 5.74) is 0. The van der Waals surface area contributed by atoms with E-state index in [1.807, 2.05) is 0 Å². The van der Waals surface area contributed by atoms with Crippen LogP contribution in [-0.4, -0.2) is 183 Å². The maximum absolute atomic E-state index is 12.7. The van der Waals surface area contributed by atoms with Gasteiger partial charge in [0.2, 0.25) is 23.6 Å². The van der Waals surface area contributed by atoms with Gasteiger partial charge in [-0.1, -0.05) is 77.0 Å². The van der Waals surface area contributed by atoms with Gasteiger partial charge in [-0.25, -0.2) is 0 Å². The molecule has 0 fully saturated rings. The lowest BCUT2D eigenvalue weighted by molar-refractivity contribution is -0.144. The summed E-state index contributed by atoms with van der Waals surface area (Å²) in [6, 6.07) is -1.48. The van der Waals surface area contributed by atoms with Gasteiger partial charge < -0.3 is 66.0 Å². The van der Waals surface area contributed by atoms with Crippen molar-refractivity contribution in [2.24, 2.45) is 11.8 Å². The minimum absolute atomic E-state index is 0.0251. The number of aliphatic carboxylic acids is 3. The van der Waals surface area contributed by atoms with Gasteiger partial charge in [-0.2, -0.15) is 0 Å². The van der Waals surface area contributed by atoms with Gasteiger partial charge in [-0.15, -0.1) is 0 Å². The summed E-state index contributed by atoms with van der Waals surface area (Å²) in [6.45, 7) is 1.44. The van der Waals surface area contributed by atoms with Crippen LogP contribution in [0.3, 0.4) is 0 Å². The number of carbonyl (C=O) groups excluding carboxylic acids is 8. The van der Waals surface area contributed by atoms with Crippen LogP contribution >= 0.6 is 0 Å². The van der Waals surface area contributed by atoms with Crippen LogP contribution in [0.4, 0.5) is 0 Å². The summed E-state index contributed by atoms with van der Waals surface area (Å²) in [7, 11) is 1.62. The maximum atomic E-state index is 12.7. The third kappa shape index (κ3) is 45.5. The predicted octanol–water partition coefficient (Wildman–Crippen LogP) is 3.78. The summed E-state index contributed by atoms with van der Waals surface area (Å²) < 4.78 is 21.4. The number of ketones is 4. The Morgan fingerprint density at radius 1 is 0.412 bits per heavy atom. The van der Waals surface area contributed by atoms with E-state index in [2.05, 4.69) is 26.6 Å². The summed E-state index contributed by atoms with van der Waals surface area (Å²) >= 11 is 0. The molecule has 0 spiro atoms. The lowest BCUT2D eigenvalue weighted by atomic mass is 9.94. The van der Waals surface area contributed by atoms with Gasteiger partial charge in [0, 0.05) is 64.6 Å².